The highest BCUT2D eigenvalue weighted by atomic mass is 16.6. The van der Waals surface area contributed by atoms with E-state index in [0.717, 1.165) is 6.07 Å². The predicted octanol–water partition coefficient (Wildman–Crippen LogP) is 1.71. The molecule has 0 aromatic heterocycles. The van der Waals surface area contributed by atoms with Crippen molar-refractivity contribution >= 4 is 34.9 Å². The highest BCUT2D eigenvalue weighted by Gasteiger charge is 2.14. The summed E-state index contributed by atoms with van der Waals surface area (Å²) in [4.78, 5) is 56.7. The van der Waals surface area contributed by atoms with Gasteiger partial charge in [0.1, 0.15) is 6.54 Å². The molecule has 0 bridgehead atoms. The van der Waals surface area contributed by atoms with E-state index in [1.54, 1.807) is 12.1 Å². The standard InChI is InChI=1S/C19H17N3O7/c1-12(23)13-5-7-15(8-6-13)21-17(24)11-29-18(25)10-20-19(26)14-3-2-4-16(9-14)22(27)28/h2-9H,10-11H2,1H3,(H,20,26)(H,21,24). The number of benzene rings is 2. The average molecular weight is 399 g/mol. The van der Waals surface area contributed by atoms with E-state index in [1.807, 2.05) is 0 Å². The molecule has 2 rings (SSSR count). The zero-order valence-electron chi connectivity index (χ0n) is 15.3. The number of anilines is 1. The number of nitrogens with one attached hydrogen (secondary N) is 2. The molecule has 10 nitrogen and oxygen atoms in total. The third kappa shape index (κ3) is 6.54. The number of hydrogen-bond donors (Lipinski definition) is 2. The summed E-state index contributed by atoms with van der Waals surface area (Å²) in [5.41, 5.74) is 0.677. The number of rotatable bonds is 8. The van der Waals surface area contributed by atoms with Crippen LogP contribution in [0, 0.1) is 10.1 Å². The molecule has 2 amide bonds. The molecule has 150 valence electrons. The van der Waals surface area contributed by atoms with Gasteiger partial charge in [-0.05, 0) is 37.3 Å². The quantitative estimate of drug-likeness (QED) is 0.297. The van der Waals surface area contributed by atoms with Gasteiger partial charge in [-0.1, -0.05) is 6.07 Å². The second-order valence-electron chi connectivity index (χ2n) is 5.83. The summed E-state index contributed by atoms with van der Waals surface area (Å²) in [5.74, 6) is -2.26. The molecule has 0 saturated carbocycles. The van der Waals surface area contributed by atoms with E-state index >= 15 is 0 Å². The van der Waals surface area contributed by atoms with Crippen LogP contribution in [0.25, 0.3) is 0 Å². The zero-order valence-corrected chi connectivity index (χ0v) is 15.3. The lowest BCUT2D eigenvalue weighted by molar-refractivity contribution is -0.384. The van der Waals surface area contributed by atoms with E-state index in [0.29, 0.717) is 11.3 Å². The van der Waals surface area contributed by atoms with Crippen molar-refractivity contribution in [2.24, 2.45) is 0 Å². The molecular formula is C19H17N3O7. The molecular weight excluding hydrogens is 382 g/mol. The molecule has 0 heterocycles. The van der Waals surface area contributed by atoms with Gasteiger partial charge in [0, 0.05) is 28.9 Å². The molecule has 2 aromatic carbocycles. The minimum absolute atomic E-state index is 0.0127. The lowest BCUT2D eigenvalue weighted by atomic mass is 10.1. The molecule has 0 fully saturated rings. The van der Waals surface area contributed by atoms with Gasteiger partial charge in [-0.25, -0.2) is 0 Å². The number of ether oxygens (including phenoxy) is 1. The number of hydrogen-bond acceptors (Lipinski definition) is 7. The molecule has 0 atom stereocenters. The fourth-order valence-corrected chi connectivity index (χ4v) is 2.20. The van der Waals surface area contributed by atoms with E-state index in [4.69, 9.17) is 4.74 Å². The van der Waals surface area contributed by atoms with Crippen LogP contribution in [0.15, 0.2) is 48.5 Å². The van der Waals surface area contributed by atoms with Crippen LogP contribution in [0.5, 0.6) is 0 Å². The van der Waals surface area contributed by atoms with Crippen LogP contribution >= 0.6 is 0 Å². The Labute approximate surface area is 165 Å². The van der Waals surface area contributed by atoms with Crippen molar-refractivity contribution < 1.29 is 28.8 Å². The van der Waals surface area contributed by atoms with Gasteiger partial charge in [0.15, 0.2) is 12.4 Å². The van der Waals surface area contributed by atoms with E-state index in [1.165, 1.54) is 37.3 Å². The van der Waals surface area contributed by atoms with Gasteiger partial charge in [-0.15, -0.1) is 0 Å². The molecule has 0 spiro atoms. The average Bonchev–Trinajstić information content (AvgIpc) is 2.70. The van der Waals surface area contributed by atoms with Crippen LogP contribution in [-0.2, 0) is 14.3 Å². The minimum Gasteiger partial charge on any atom is -0.454 e. The molecule has 10 heteroatoms. The maximum atomic E-state index is 11.9. The van der Waals surface area contributed by atoms with Crippen LogP contribution in [0.3, 0.4) is 0 Å². The second-order valence-corrected chi connectivity index (χ2v) is 5.83. The number of carbonyl (C=O) groups excluding carboxylic acids is 4. The monoisotopic (exact) mass is 399 g/mol. The Kier molecular flexibility index (Phi) is 7.13. The Morgan fingerprint density at radius 2 is 1.72 bits per heavy atom. The highest BCUT2D eigenvalue weighted by Crippen LogP contribution is 2.13. The summed E-state index contributed by atoms with van der Waals surface area (Å²) >= 11 is 0. The first-order valence-corrected chi connectivity index (χ1v) is 8.35. The van der Waals surface area contributed by atoms with Crippen LogP contribution in [0.2, 0.25) is 0 Å². The van der Waals surface area contributed by atoms with Gasteiger partial charge >= 0.3 is 5.97 Å². The van der Waals surface area contributed by atoms with Crippen molar-refractivity contribution in [3.05, 3.63) is 69.8 Å². The summed E-state index contributed by atoms with van der Waals surface area (Å²) in [6, 6.07) is 11.2. The fourth-order valence-electron chi connectivity index (χ4n) is 2.20. The van der Waals surface area contributed by atoms with Gasteiger partial charge < -0.3 is 15.4 Å². The largest absolute Gasteiger partial charge is 0.454 e. The van der Waals surface area contributed by atoms with Crippen molar-refractivity contribution in [3.8, 4) is 0 Å². The summed E-state index contributed by atoms with van der Waals surface area (Å²) in [5, 5.41) is 15.5. The maximum Gasteiger partial charge on any atom is 0.325 e. The predicted molar refractivity (Wildman–Crippen MR) is 101 cm³/mol. The Morgan fingerprint density at radius 1 is 1.03 bits per heavy atom. The summed E-state index contributed by atoms with van der Waals surface area (Å²) < 4.78 is 4.76. The van der Waals surface area contributed by atoms with E-state index in [9.17, 15) is 29.3 Å². The Bertz CT molecular complexity index is 955. The summed E-state index contributed by atoms with van der Waals surface area (Å²) in [6.45, 7) is 0.340. The van der Waals surface area contributed by atoms with Crippen molar-refractivity contribution in [3.63, 3.8) is 0 Å². The molecule has 0 radical (unpaired) electrons. The Morgan fingerprint density at radius 3 is 2.34 bits per heavy atom. The summed E-state index contributed by atoms with van der Waals surface area (Å²) in [7, 11) is 0. The van der Waals surface area contributed by atoms with Gasteiger partial charge in [-0.3, -0.25) is 29.3 Å². The second kappa shape index (κ2) is 9.74. The van der Waals surface area contributed by atoms with Crippen LogP contribution in [0.1, 0.15) is 27.6 Å². The van der Waals surface area contributed by atoms with Gasteiger partial charge in [-0.2, -0.15) is 0 Å². The molecule has 0 aliphatic rings. The third-order valence-corrected chi connectivity index (χ3v) is 3.65. The van der Waals surface area contributed by atoms with Crippen LogP contribution < -0.4 is 10.6 Å². The van der Waals surface area contributed by atoms with Crippen molar-refractivity contribution in [1.29, 1.82) is 0 Å². The van der Waals surface area contributed by atoms with Crippen molar-refractivity contribution in [2.75, 3.05) is 18.5 Å². The van der Waals surface area contributed by atoms with Crippen molar-refractivity contribution in [2.45, 2.75) is 6.92 Å². The van der Waals surface area contributed by atoms with E-state index in [2.05, 4.69) is 10.6 Å². The Balaban J connectivity index is 1.77. The van der Waals surface area contributed by atoms with E-state index < -0.39 is 35.9 Å². The number of esters is 1. The normalized spacial score (nSPS) is 9.97. The molecule has 0 saturated heterocycles. The number of nitro benzene ring substituents is 1. The SMILES string of the molecule is CC(=O)c1ccc(NC(=O)COC(=O)CNC(=O)c2cccc([N+](=O)[O-])c2)cc1. The number of non-ortho nitro benzene ring substituents is 1. The van der Waals surface area contributed by atoms with Gasteiger partial charge in [0.25, 0.3) is 17.5 Å². The first-order chi connectivity index (χ1) is 13.8. The summed E-state index contributed by atoms with van der Waals surface area (Å²) in [6.07, 6.45) is 0. The highest BCUT2D eigenvalue weighted by molar-refractivity contribution is 5.97. The third-order valence-electron chi connectivity index (χ3n) is 3.65. The molecule has 2 N–H and O–H groups in total. The van der Waals surface area contributed by atoms with Gasteiger partial charge in [0.05, 0.1) is 4.92 Å². The first kappa shape index (κ1) is 21.2. The van der Waals surface area contributed by atoms with E-state index in [-0.39, 0.29) is 17.0 Å². The molecule has 29 heavy (non-hydrogen) atoms. The topological polar surface area (TPSA) is 145 Å². The maximum absolute atomic E-state index is 11.9. The molecule has 0 unspecified atom stereocenters. The lowest BCUT2D eigenvalue weighted by Gasteiger charge is -2.08. The number of nitro groups is 1. The molecule has 0 aliphatic heterocycles. The lowest BCUT2D eigenvalue weighted by Crippen LogP contribution is -2.32. The Hall–Kier alpha value is -4.08. The molecule has 2 aromatic rings. The smallest absolute Gasteiger partial charge is 0.325 e. The number of nitrogens with zero attached hydrogens (tertiary/aromatic N) is 1. The van der Waals surface area contributed by atoms with Crippen LogP contribution in [-0.4, -0.2) is 41.6 Å². The molecule has 0 aliphatic carbocycles. The fraction of sp³-hybridized carbons (Fsp3) is 0.158. The zero-order chi connectivity index (χ0) is 21.4. The minimum atomic E-state index is -0.856. The first-order valence-electron chi connectivity index (χ1n) is 8.35. The number of carbonyl (C=O) groups is 4. The number of amides is 2. The number of ketones is 1. The van der Waals surface area contributed by atoms with Crippen molar-refractivity contribution in [1.82, 2.24) is 5.32 Å². The van der Waals surface area contributed by atoms with Crippen LogP contribution in [0.4, 0.5) is 11.4 Å². The van der Waals surface area contributed by atoms with Gasteiger partial charge in [0.2, 0.25) is 0 Å². The number of Topliss-reactive ketones (excluding diaryl/α,β-unsaturated/α-hetero) is 1.